The van der Waals surface area contributed by atoms with E-state index in [0.717, 1.165) is 18.1 Å². The van der Waals surface area contributed by atoms with Crippen LogP contribution in [0.4, 0.5) is 18.9 Å². The first kappa shape index (κ1) is 18.9. The minimum atomic E-state index is -4.39. The molecule has 0 fully saturated rings. The van der Waals surface area contributed by atoms with Gasteiger partial charge in [-0.3, -0.25) is 10.7 Å². The number of hydrogen-bond donors (Lipinski definition) is 2. The van der Waals surface area contributed by atoms with Crippen LogP contribution in [0.3, 0.4) is 0 Å². The summed E-state index contributed by atoms with van der Waals surface area (Å²) in [6.07, 6.45) is 0.585. The molecule has 130 valence electrons. The molecule has 0 amide bonds. The van der Waals surface area contributed by atoms with Crippen LogP contribution in [0.2, 0.25) is 5.02 Å². The van der Waals surface area contributed by atoms with Crippen molar-refractivity contribution in [3.8, 4) is 0 Å². The second-order valence-corrected chi connectivity index (χ2v) is 5.63. The third-order valence-corrected chi connectivity index (χ3v) is 3.68. The van der Waals surface area contributed by atoms with Crippen LogP contribution in [0.15, 0.2) is 59.6 Å². The van der Waals surface area contributed by atoms with Crippen molar-refractivity contribution < 1.29 is 18.5 Å². The number of nitrogens with one attached hydrogen (secondary N) is 1. The maximum absolute atomic E-state index is 13.3. The quantitative estimate of drug-likeness (QED) is 0.429. The second kappa shape index (κ2) is 8.60. The van der Waals surface area contributed by atoms with Gasteiger partial charge in [-0.05, 0) is 35.4 Å². The van der Waals surface area contributed by atoms with Crippen molar-refractivity contribution >= 4 is 36.0 Å². The van der Waals surface area contributed by atoms with Crippen LogP contribution in [0.25, 0.3) is 6.08 Å². The molecule has 0 radical (unpaired) electrons. The fourth-order valence-corrected chi connectivity index (χ4v) is 2.30. The number of nitrogens with two attached hydrogens (primary N) is 1. The first-order valence-electron chi connectivity index (χ1n) is 7.36. The summed E-state index contributed by atoms with van der Waals surface area (Å²) in [7, 11) is 0. The number of hydrogen-bond acceptors (Lipinski definition) is 1. The van der Waals surface area contributed by atoms with Gasteiger partial charge in [-0.25, -0.2) is 0 Å². The fraction of sp³-hybridized carbons (Fsp3) is 0.111. The minimum absolute atomic E-state index is 0.140. The largest absolute Gasteiger partial charge is 0.399 e. The van der Waals surface area contributed by atoms with Crippen LogP contribution in [0.1, 0.15) is 17.0 Å². The van der Waals surface area contributed by atoms with Crippen molar-refractivity contribution in [2.75, 3.05) is 0 Å². The molecule has 0 aromatic heterocycles. The molecule has 0 aliphatic rings. The number of benzene rings is 2. The summed E-state index contributed by atoms with van der Waals surface area (Å²) in [6.45, 7) is 0. The lowest BCUT2D eigenvalue weighted by Crippen LogP contribution is -2.76. The van der Waals surface area contributed by atoms with Gasteiger partial charge in [-0.2, -0.15) is 18.2 Å². The summed E-state index contributed by atoms with van der Waals surface area (Å²) in [4.78, 5) is 3.63. The first-order valence-corrected chi connectivity index (χ1v) is 7.74. The van der Waals surface area contributed by atoms with E-state index < -0.39 is 12.1 Å². The van der Waals surface area contributed by atoms with Crippen LogP contribution in [0.5, 0.6) is 0 Å². The van der Waals surface area contributed by atoms with Crippen LogP contribution >= 0.6 is 11.6 Å². The molecule has 0 saturated heterocycles. The van der Waals surface area contributed by atoms with E-state index in [-0.39, 0.29) is 5.56 Å². The van der Waals surface area contributed by atoms with E-state index in [1.54, 1.807) is 29.6 Å². The summed E-state index contributed by atoms with van der Waals surface area (Å²) >= 11 is 5.74. The second-order valence-electron chi connectivity index (χ2n) is 5.19. The van der Waals surface area contributed by atoms with E-state index in [2.05, 4.69) is 4.99 Å². The highest BCUT2D eigenvalue weighted by Gasteiger charge is 2.38. The van der Waals surface area contributed by atoms with Gasteiger partial charge in [0.05, 0.1) is 5.92 Å². The molecule has 0 saturated carbocycles. The van der Waals surface area contributed by atoms with Crippen molar-refractivity contribution in [1.82, 2.24) is 0 Å². The van der Waals surface area contributed by atoms with E-state index in [9.17, 15) is 13.2 Å². The van der Waals surface area contributed by atoms with Gasteiger partial charge in [0.25, 0.3) is 0 Å². The predicted molar refractivity (Wildman–Crippen MR) is 94.6 cm³/mol. The van der Waals surface area contributed by atoms with Gasteiger partial charge in [0.1, 0.15) is 12.0 Å². The van der Waals surface area contributed by atoms with Gasteiger partial charge in [-0.15, -0.1) is 0 Å². The van der Waals surface area contributed by atoms with Gasteiger partial charge in [0.15, 0.2) is 6.34 Å². The third-order valence-electron chi connectivity index (χ3n) is 3.43. The minimum Gasteiger partial charge on any atom is -0.289 e. The maximum Gasteiger partial charge on any atom is 0.399 e. The molecule has 2 aromatic carbocycles. The molecule has 25 heavy (non-hydrogen) atoms. The fourth-order valence-electron chi connectivity index (χ4n) is 2.18. The smallest absolute Gasteiger partial charge is 0.289 e. The molecule has 0 aliphatic carbocycles. The Morgan fingerprint density at radius 1 is 1.04 bits per heavy atom. The van der Waals surface area contributed by atoms with Crippen LogP contribution < -0.4 is 5.32 Å². The normalized spacial score (nSPS) is 13.4. The zero-order valence-electron chi connectivity index (χ0n) is 13.0. The van der Waals surface area contributed by atoms with Crippen molar-refractivity contribution in [2.24, 2.45) is 4.99 Å². The van der Waals surface area contributed by atoms with Crippen LogP contribution in [-0.4, -0.2) is 18.9 Å². The van der Waals surface area contributed by atoms with Gasteiger partial charge in [0, 0.05) is 17.2 Å². The molecule has 0 spiro atoms. The number of halogens is 4. The average molecular weight is 367 g/mol. The Morgan fingerprint density at radius 3 is 2.24 bits per heavy atom. The zero-order chi connectivity index (χ0) is 18.3. The Hall–Kier alpha value is -2.44. The lowest BCUT2D eigenvalue weighted by molar-refractivity contribution is -0.432. The monoisotopic (exact) mass is 366 g/mol. The molecule has 0 aliphatic heterocycles. The Kier molecular flexibility index (Phi) is 6.50. The number of allylic oxidation sites excluding steroid dienone is 1. The first-order chi connectivity index (χ1) is 11.9. The highest BCUT2D eigenvalue weighted by Crippen LogP contribution is 2.36. The van der Waals surface area contributed by atoms with E-state index in [4.69, 9.17) is 17.0 Å². The summed E-state index contributed by atoms with van der Waals surface area (Å²) in [5, 5.41) is 8.87. The Bertz CT molecular complexity index is 751. The van der Waals surface area contributed by atoms with Crippen LogP contribution in [0, 0.1) is 5.41 Å². The van der Waals surface area contributed by atoms with E-state index in [1.807, 2.05) is 0 Å². The lowest BCUT2D eigenvalue weighted by Gasteiger charge is -2.17. The topological polar surface area (TPSA) is 52.8 Å². The molecule has 3 N–H and O–H groups in total. The summed E-state index contributed by atoms with van der Waals surface area (Å²) < 4.78 is 40.0. The van der Waals surface area contributed by atoms with Gasteiger partial charge < -0.3 is 0 Å². The Morgan fingerprint density at radius 2 is 1.68 bits per heavy atom. The van der Waals surface area contributed by atoms with Gasteiger partial charge in [-0.1, -0.05) is 35.9 Å². The predicted octanol–water partition coefficient (Wildman–Crippen LogP) is 4.53. The number of quaternary nitrogens is 1. The standard InChI is InChI=1S/C18H15ClF3N3/c19-15-6-4-14(5-7-15)17(18(20,21)22)10-3-13-1-8-16(9-2-13)25-12-24-11-23/h1-12,17H,(H2,23,24,25)/p+1/b10-3+. The van der Waals surface area contributed by atoms with E-state index in [0.29, 0.717) is 10.6 Å². The maximum atomic E-state index is 13.3. The molecular formula is C18H16ClF3N3+. The molecule has 0 bridgehead atoms. The van der Waals surface area contributed by atoms with Crippen molar-refractivity contribution in [3.63, 3.8) is 0 Å². The average Bonchev–Trinajstić information content (AvgIpc) is 2.57. The molecule has 2 rings (SSSR count). The molecule has 2 aromatic rings. The van der Waals surface area contributed by atoms with Gasteiger partial charge >= 0.3 is 6.18 Å². The number of nitrogens with zero attached hydrogens (tertiary/aromatic N) is 1. The van der Waals surface area contributed by atoms with Crippen molar-refractivity contribution in [3.05, 3.63) is 70.8 Å². The zero-order valence-corrected chi connectivity index (χ0v) is 13.8. The Labute approximate surface area is 148 Å². The summed E-state index contributed by atoms with van der Waals surface area (Å²) in [6, 6.07) is 12.6. The van der Waals surface area contributed by atoms with Crippen molar-refractivity contribution in [1.29, 1.82) is 5.41 Å². The molecule has 1 atom stereocenters. The molecule has 0 heterocycles. The summed E-state index contributed by atoms with van der Waals surface area (Å²) in [5.41, 5.74) is 1.64. The third kappa shape index (κ3) is 5.85. The SMILES string of the molecule is N=CN=C[NH2+]c1ccc(/C=C/C(c2ccc(Cl)cc2)C(F)(F)F)cc1. The summed E-state index contributed by atoms with van der Waals surface area (Å²) in [5.74, 6) is -1.70. The van der Waals surface area contributed by atoms with E-state index >= 15 is 0 Å². The highest BCUT2D eigenvalue weighted by molar-refractivity contribution is 6.30. The number of rotatable bonds is 6. The molecule has 1 unspecified atom stereocenters. The van der Waals surface area contributed by atoms with E-state index in [1.165, 1.54) is 36.7 Å². The number of aliphatic imine (C=N–C) groups is 1. The molecule has 7 heteroatoms. The number of alkyl halides is 3. The van der Waals surface area contributed by atoms with Crippen LogP contribution in [-0.2, 0) is 0 Å². The molecule has 3 nitrogen and oxygen atoms in total. The lowest BCUT2D eigenvalue weighted by atomic mass is 9.97. The Balaban J connectivity index is 2.16. The molecular weight excluding hydrogens is 351 g/mol. The van der Waals surface area contributed by atoms with Crippen molar-refractivity contribution in [2.45, 2.75) is 12.1 Å². The van der Waals surface area contributed by atoms with Gasteiger partial charge in [0.2, 0.25) is 0 Å². The highest BCUT2D eigenvalue weighted by atomic mass is 35.5.